The summed E-state index contributed by atoms with van der Waals surface area (Å²) in [7, 11) is 1.77. The van der Waals surface area contributed by atoms with Gasteiger partial charge in [0.2, 0.25) is 0 Å². The van der Waals surface area contributed by atoms with Crippen LogP contribution in [-0.4, -0.2) is 13.3 Å². The summed E-state index contributed by atoms with van der Waals surface area (Å²) in [5.74, 6) is 0. The van der Waals surface area contributed by atoms with E-state index in [-0.39, 0.29) is 0 Å². The first kappa shape index (κ1) is 10.5. The number of hydrogen-bond acceptors (Lipinski definition) is 2. The second kappa shape index (κ2) is 5.22. The van der Waals surface area contributed by atoms with Gasteiger partial charge in [-0.1, -0.05) is 25.1 Å². The van der Waals surface area contributed by atoms with Gasteiger partial charge in [0.25, 0.3) is 0 Å². The summed E-state index contributed by atoms with van der Waals surface area (Å²) >= 11 is 0. The van der Waals surface area contributed by atoms with Gasteiger partial charge in [-0.15, -0.1) is 0 Å². The molecule has 14 heavy (non-hydrogen) atoms. The van der Waals surface area contributed by atoms with Crippen molar-refractivity contribution in [3.05, 3.63) is 35.9 Å². The van der Waals surface area contributed by atoms with E-state index in [4.69, 9.17) is 5.73 Å². The van der Waals surface area contributed by atoms with Crippen molar-refractivity contribution in [3.8, 4) is 0 Å². The Balaban J connectivity index is 3.05. The summed E-state index contributed by atoms with van der Waals surface area (Å²) in [6.45, 7) is 2.11. The third-order valence-corrected chi connectivity index (χ3v) is 1.91. The molecule has 0 aliphatic rings. The number of rotatable bonds is 3. The van der Waals surface area contributed by atoms with E-state index >= 15 is 0 Å². The van der Waals surface area contributed by atoms with Crippen molar-refractivity contribution in [2.45, 2.75) is 13.3 Å². The Morgan fingerprint density at radius 2 is 2.29 bits per heavy atom. The lowest BCUT2D eigenvalue weighted by Crippen LogP contribution is -1.89. The van der Waals surface area contributed by atoms with Crippen molar-refractivity contribution in [1.82, 2.24) is 0 Å². The fourth-order valence-corrected chi connectivity index (χ4v) is 1.32. The fourth-order valence-electron chi connectivity index (χ4n) is 1.32. The summed E-state index contributed by atoms with van der Waals surface area (Å²) in [6.07, 6.45) is 5.00. The number of nitrogens with two attached hydrogens (primary N) is 1. The van der Waals surface area contributed by atoms with Gasteiger partial charge in [0.1, 0.15) is 0 Å². The topological polar surface area (TPSA) is 38.4 Å². The molecule has 0 amide bonds. The summed E-state index contributed by atoms with van der Waals surface area (Å²) in [5.41, 5.74) is 8.75. The fraction of sp³-hybridized carbons (Fsp3) is 0.250. The average Bonchev–Trinajstić information content (AvgIpc) is 2.17. The summed E-state index contributed by atoms with van der Waals surface area (Å²) < 4.78 is 0. The lowest BCUT2D eigenvalue weighted by atomic mass is 10.1. The number of hydrogen-bond donors (Lipinski definition) is 1. The van der Waals surface area contributed by atoms with E-state index in [2.05, 4.69) is 18.0 Å². The van der Waals surface area contributed by atoms with Gasteiger partial charge in [0.15, 0.2) is 0 Å². The first-order chi connectivity index (χ1) is 6.77. The second-order valence-electron chi connectivity index (χ2n) is 3.08. The van der Waals surface area contributed by atoms with Crippen LogP contribution in [0.5, 0.6) is 0 Å². The Bertz CT molecular complexity index is 351. The lowest BCUT2D eigenvalue weighted by molar-refractivity contribution is 1.23. The summed E-state index contributed by atoms with van der Waals surface area (Å²) in [4.78, 5) is 4.03. The van der Waals surface area contributed by atoms with Crippen LogP contribution in [0.1, 0.15) is 18.9 Å². The quantitative estimate of drug-likeness (QED) is 0.575. The SMILES string of the molecule is CC/C=C(\C=NC)c1cccc(N)c1. The molecule has 2 heteroatoms. The number of nitrogens with zero attached hydrogens (tertiary/aromatic N) is 1. The van der Waals surface area contributed by atoms with Crippen LogP contribution in [0.3, 0.4) is 0 Å². The van der Waals surface area contributed by atoms with Gasteiger partial charge in [-0.2, -0.15) is 0 Å². The number of aliphatic imine (C=N–C) groups is 1. The zero-order valence-electron chi connectivity index (χ0n) is 8.70. The molecule has 0 fully saturated rings. The third-order valence-electron chi connectivity index (χ3n) is 1.91. The molecular weight excluding hydrogens is 172 g/mol. The van der Waals surface area contributed by atoms with Crippen molar-refractivity contribution in [3.63, 3.8) is 0 Å². The van der Waals surface area contributed by atoms with Gasteiger partial charge in [-0.3, -0.25) is 4.99 Å². The molecule has 1 aromatic rings. The molecule has 0 saturated carbocycles. The highest BCUT2D eigenvalue weighted by Crippen LogP contribution is 2.16. The molecule has 0 aliphatic heterocycles. The maximum absolute atomic E-state index is 5.72. The van der Waals surface area contributed by atoms with E-state index in [1.807, 2.05) is 30.5 Å². The zero-order valence-corrected chi connectivity index (χ0v) is 8.70. The van der Waals surface area contributed by atoms with Crippen LogP contribution in [0.25, 0.3) is 5.57 Å². The van der Waals surface area contributed by atoms with Gasteiger partial charge < -0.3 is 5.73 Å². The second-order valence-corrected chi connectivity index (χ2v) is 3.08. The predicted molar refractivity (Wildman–Crippen MR) is 63.5 cm³/mol. The van der Waals surface area contributed by atoms with E-state index in [1.165, 1.54) is 0 Å². The summed E-state index contributed by atoms with van der Waals surface area (Å²) in [6, 6.07) is 7.84. The van der Waals surface area contributed by atoms with Crippen LogP contribution < -0.4 is 5.73 Å². The minimum atomic E-state index is 0.786. The minimum Gasteiger partial charge on any atom is -0.399 e. The van der Waals surface area contributed by atoms with Crippen molar-refractivity contribution < 1.29 is 0 Å². The monoisotopic (exact) mass is 188 g/mol. The highest BCUT2D eigenvalue weighted by atomic mass is 14.6. The van der Waals surface area contributed by atoms with Gasteiger partial charge >= 0.3 is 0 Å². The molecule has 0 spiro atoms. The molecule has 2 N–H and O–H groups in total. The standard InChI is InChI=1S/C12H16N2/c1-3-5-11(9-14-2)10-6-4-7-12(13)8-10/h4-9H,3,13H2,1-2H3/b11-5+,14-9?. The average molecular weight is 188 g/mol. The van der Waals surface area contributed by atoms with Gasteiger partial charge in [0.05, 0.1) is 0 Å². The zero-order chi connectivity index (χ0) is 10.4. The first-order valence-electron chi connectivity index (χ1n) is 4.76. The number of anilines is 1. The molecule has 0 bridgehead atoms. The Kier molecular flexibility index (Phi) is 3.92. The van der Waals surface area contributed by atoms with Crippen molar-refractivity contribution in [2.75, 3.05) is 12.8 Å². The van der Waals surface area contributed by atoms with Gasteiger partial charge in [-0.05, 0) is 29.7 Å². The third kappa shape index (κ3) is 2.73. The Morgan fingerprint density at radius 1 is 1.50 bits per heavy atom. The van der Waals surface area contributed by atoms with Gasteiger partial charge in [0, 0.05) is 18.9 Å². The van der Waals surface area contributed by atoms with Crippen LogP contribution in [-0.2, 0) is 0 Å². The minimum absolute atomic E-state index is 0.786. The van der Waals surface area contributed by atoms with Gasteiger partial charge in [-0.25, -0.2) is 0 Å². The van der Waals surface area contributed by atoms with E-state index in [0.717, 1.165) is 23.2 Å². The molecular formula is C12H16N2. The molecule has 0 aliphatic carbocycles. The Hall–Kier alpha value is -1.57. The molecule has 2 nitrogen and oxygen atoms in total. The van der Waals surface area contributed by atoms with E-state index in [1.54, 1.807) is 7.05 Å². The predicted octanol–water partition coefficient (Wildman–Crippen LogP) is 2.76. The number of allylic oxidation sites excluding steroid dienone is 2. The molecule has 1 aromatic carbocycles. The maximum atomic E-state index is 5.72. The molecule has 1 rings (SSSR count). The lowest BCUT2D eigenvalue weighted by Gasteiger charge is -2.02. The van der Waals surface area contributed by atoms with E-state index in [0.29, 0.717) is 0 Å². The highest BCUT2D eigenvalue weighted by molar-refractivity contribution is 6.09. The van der Waals surface area contributed by atoms with Crippen LogP contribution >= 0.6 is 0 Å². The molecule has 74 valence electrons. The van der Waals surface area contributed by atoms with Crippen molar-refractivity contribution in [1.29, 1.82) is 0 Å². The van der Waals surface area contributed by atoms with Crippen LogP contribution in [0, 0.1) is 0 Å². The molecule has 0 heterocycles. The van der Waals surface area contributed by atoms with E-state index < -0.39 is 0 Å². The number of benzene rings is 1. The Labute approximate surface area is 85.2 Å². The van der Waals surface area contributed by atoms with Crippen molar-refractivity contribution >= 4 is 17.5 Å². The smallest absolute Gasteiger partial charge is 0.0320 e. The molecule has 0 radical (unpaired) electrons. The molecule has 0 atom stereocenters. The largest absolute Gasteiger partial charge is 0.399 e. The summed E-state index contributed by atoms with van der Waals surface area (Å²) in [5, 5.41) is 0. The first-order valence-corrected chi connectivity index (χ1v) is 4.76. The van der Waals surface area contributed by atoms with Crippen LogP contribution in [0.2, 0.25) is 0 Å². The van der Waals surface area contributed by atoms with E-state index in [9.17, 15) is 0 Å². The van der Waals surface area contributed by atoms with Crippen molar-refractivity contribution in [2.24, 2.45) is 4.99 Å². The molecule has 0 unspecified atom stereocenters. The Morgan fingerprint density at radius 3 is 2.86 bits per heavy atom. The highest BCUT2D eigenvalue weighted by Gasteiger charge is 1.97. The maximum Gasteiger partial charge on any atom is 0.0320 e. The molecule has 0 saturated heterocycles. The molecule has 0 aromatic heterocycles. The number of nitrogen functional groups attached to an aromatic ring is 1. The van der Waals surface area contributed by atoms with Crippen LogP contribution in [0.4, 0.5) is 5.69 Å². The van der Waals surface area contributed by atoms with Crippen LogP contribution in [0.15, 0.2) is 35.3 Å². The normalized spacial score (nSPS) is 12.3.